The minimum atomic E-state index is 0.00296. The van der Waals surface area contributed by atoms with E-state index in [1.165, 1.54) is 0 Å². The summed E-state index contributed by atoms with van der Waals surface area (Å²) < 4.78 is 11.4. The van der Waals surface area contributed by atoms with Crippen molar-refractivity contribution in [3.05, 3.63) is 51.6 Å². The summed E-state index contributed by atoms with van der Waals surface area (Å²) in [5, 5.41) is 6.04. The Morgan fingerprint density at radius 1 is 1.29 bits per heavy atom. The van der Waals surface area contributed by atoms with E-state index in [0.29, 0.717) is 42.7 Å². The highest BCUT2D eigenvalue weighted by molar-refractivity contribution is 9.10. The lowest BCUT2D eigenvalue weighted by atomic mass is 10.1. The molecule has 0 atom stereocenters. The summed E-state index contributed by atoms with van der Waals surface area (Å²) in [5.41, 5.74) is 0.616. The Morgan fingerprint density at radius 2 is 2.11 bits per heavy atom. The monoisotopic (exact) mass is 462 g/mol. The van der Waals surface area contributed by atoms with E-state index in [4.69, 9.17) is 9.26 Å². The SMILES string of the molecule is COc1ccc(Br)c(C(=O)N2CCN(Cc3nc(-c4cccs4)no3)CC2)c1. The standard InChI is InChI=1S/C19H19BrN4O3S/c1-26-13-4-5-15(20)14(11-13)19(25)24-8-6-23(7-9-24)12-17-21-18(22-27-17)16-3-2-10-28-16/h2-5,10-11H,6-9,12H2,1H3. The fraction of sp³-hybridized carbons (Fsp3) is 0.316. The summed E-state index contributed by atoms with van der Waals surface area (Å²) >= 11 is 5.05. The second-order valence-corrected chi connectivity index (χ2v) is 8.21. The topological polar surface area (TPSA) is 71.7 Å². The largest absolute Gasteiger partial charge is 0.497 e. The molecule has 1 aliphatic heterocycles. The normalized spacial score (nSPS) is 15.0. The van der Waals surface area contributed by atoms with E-state index in [1.54, 1.807) is 24.5 Å². The molecule has 3 aromatic rings. The van der Waals surface area contributed by atoms with Crippen molar-refractivity contribution in [1.82, 2.24) is 19.9 Å². The minimum Gasteiger partial charge on any atom is -0.497 e. The zero-order valence-corrected chi connectivity index (χ0v) is 17.7. The molecule has 0 saturated carbocycles. The van der Waals surface area contributed by atoms with Crippen molar-refractivity contribution in [2.24, 2.45) is 0 Å². The summed E-state index contributed by atoms with van der Waals surface area (Å²) in [4.78, 5) is 22.4. The molecule has 0 N–H and O–H groups in total. The van der Waals surface area contributed by atoms with Crippen LogP contribution in [-0.2, 0) is 6.54 Å². The van der Waals surface area contributed by atoms with E-state index >= 15 is 0 Å². The number of methoxy groups -OCH3 is 1. The van der Waals surface area contributed by atoms with Crippen LogP contribution in [0.3, 0.4) is 0 Å². The molecule has 1 aromatic carbocycles. The molecule has 4 rings (SSSR count). The second-order valence-electron chi connectivity index (χ2n) is 6.40. The molecule has 0 radical (unpaired) electrons. The number of benzene rings is 1. The van der Waals surface area contributed by atoms with Crippen LogP contribution in [0.25, 0.3) is 10.7 Å². The quantitative estimate of drug-likeness (QED) is 0.577. The van der Waals surface area contributed by atoms with Crippen LogP contribution in [-0.4, -0.2) is 59.1 Å². The highest BCUT2D eigenvalue weighted by atomic mass is 79.9. The van der Waals surface area contributed by atoms with Crippen molar-refractivity contribution < 1.29 is 14.1 Å². The summed E-state index contributed by atoms with van der Waals surface area (Å²) in [7, 11) is 1.59. The lowest BCUT2D eigenvalue weighted by Crippen LogP contribution is -2.48. The van der Waals surface area contributed by atoms with E-state index in [0.717, 1.165) is 22.4 Å². The van der Waals surface area contributed by atoms with Crippen molar-refractivity contribution >= 4 is 33.2 Å². The van der Waals surface area contributed by atoms with Crippen molar-refractivity contribution in [3.8, 4) is 16.5 Å². The van der Waals surface area contributed by atoms with Gasteiger partial charge in [-0.1, -0.05) is 11.2 Å². The zero-order valence-electron chi connectivity index (χ0n) is 15.3. The predicted octanol–water partition coefficient (Wildman–Crippen LogP) is 3.53. The van der Waals surface area contributed by atoms with Crippen molar-refractivity contribution in [3.63, 3.8) is 0 Å². The van der Waals surface area contributed by atoms with Crippen LogP contribution in [0.15, 0.2) is 44.7 Å². The number of rotatable bonds is 5. The molecule has 1 saturated heterocycles. The van der Waals surface area contributed by atoms with Crippen LogP contribution in [0.5, 0.6) is 5.75 Å². The van der Waals surface area contributed by atoms with Gasteiger partial charge in [-0.25, -0.2) is 0 Å². The third-order valence-corrected chi connectivity index (χ3v) is 6.19. The molecule has 0 bridgehead atoms. The Bertz CT molecular complexity index is 952. The number of carbonyl (C=O) groups excluding carboxylic acids is 1. The summed E-state index contributed by atoms with van der Waals surface area (Å²) in [6.45, 7) is 3.39. The van der Waals surface area contributed by atoms with Crippen LogP contribution >= 0.6 is 27.3 Å². The maximum Gasteiger partial charge on any atom is 0.255 e. The number of nitrogens with zero attached hydrogens (tertiary/aromatic N) is 4. The van der Waals surface area contributed by atoms with Crippen LogP contribution in [0, 0.1) is 0 Å². The Labute approximate surface area is 175 Å². The number of thiophene rings is 1. The molecule has 0 spiro atoms. The molecule has 7 nitrogen and oxygen atoms in total. The first kappa shape index (κ1) is 19.1. The zero-order chi connectivity index (χ0) is 19.5. The summed E-state index contributed by atoms with van der Waals surface area (Å²) in [6, 6.07) is 9.37. The van der Waals surface area contributed by atoms with Gasteiger partial charge in [0.1, 0.15) is 5.75 Å². The van der Waals surface area contributed by atoms with Gasteiger partial charge in [-0.3, -0.25) is 9.69 Å². The number of carbonyl (C=O) groups is 1. The van der Waals surface area contributed by atoms with Crippen LogP contribution in [0.1, 0.15) is 16.2 Å². The number of ether oxygens (including phenoxy) is 1. The van der Waals surface area contributed by atoms with Gasteiger partial charge in [0.2, 0.25) is 11.7 Å². The summed E-state index contributed by atoms with van der Waals surface area (Å²) in [5.74, 6) is 1.90. The van der Waals surface area contributed by atoms with Crippen LogP contribution < -0.4 is 4.74 Å². The van der Waals surface area contributed by atoms with E-state index in [1.807, 2.05) is 34.5 Å². The number of piperazine rings is 1. The smallest absolute Gasteiger partial charge is 0.255 e. The Kier molecular flexibility index (Phi) is 5.74. The van der Waals surface area contributed by atoms with E-state index < -0.39 is 0 Å². The first-order chi connectivity index (χ1) is 13.6. The van der Waals surface area contributed by atoms with Gasteiger partial charge >= 0.3 is 0 Å². The van der Waals surface area contributed by atoms with E-state index in [9.17, 15) is 4.79 Å². The van der Waals surface area contributed by atoms with Crippen molar-refractivity contribution in [2.45, 2.75) is 6.54 Å². The molecule has 1 aliphatic rings. The molecule has 1 fully saturated rings. The molecule has 0 aliphatic carbocycles. The van der Waals surface area contributed by atoms with Gasteiger partial charge in [-0.05, 0) is 45.6 Å². The maximum absolute atomic E-state index is 12.9. The molecule has 1 amide bonds. The van der Waals surface area contributed by atoms with Gasteiger partial charge in [-0.15, -0.1) is 11.3 Å². The Hall–Kier alpha value is -2.23. The molecule has 9 heteroatoms. The van der Waals surface area contributed by atoms with Gasteiger partial charge in [0.15, 0.2) is 0 Å². The number of aromatic nitrogens is 2. The third-order valence-electron chi connectivity index (χ3n) is 4.63. The number of halogens is 1. The second kappa shape index (κ2) is 8.42. The first-order valence-electron chi connectivity index (χ1n) is 8.85. The molecule has 0 unspecified atom stereocenters. The lowest BCUT2D eigenvalue weighted by Gasteiger charge is -2.34. The minimum absolute atomic E-state index is 0.00296. The number of amides is 1. The van der Waals surface area contributed by atoms with Gasteiger partial charge in [0.25, 0.3) is 5.91 Å². The Balaban J connectivity index is 1.35. The third kappa shape index (κ3) is 4.11. The van der Waals surface area contributed by atoms with Crippen LogP contribution in [0.2, 0.25) is 0 Å². The Morgan fingerprint density at radius 3 is 2.82 bits per heavy atom. The fourth-order valence-electron chi connectivity index (χ4n) is 3.09. The van der Waals surface area contributed by atoms with Crippen molar-refractivity contribution in [2.75, 3.05) is 33.3 Å². The van der Waals surface area contributed by atoms with Crippen molar-refractivity contribution in [1.29, 1.82) is 0 Å². The predicted molar refractivity (Wildman–Crippen MR) is 109 cm³/mol. The first-order valence-corrected chi connectivity index (χ1v) is 10.5. The average Bonchev–Trinajstić information content (AvgIpc) is 3.40. The highest BCUT2D eigenvalue weighted by Crippen LogP contribution is 2.25. The van der Waals surface area contributed by atoms with E-state index in [-0.39, 0.29) is 5.91 Å². The molecule has 2 aromatic heterocycles. The van der Waals surface area contributed by atoms with Gasteiger partial charge in [0, 0.05) is 30.7 Å². The summed E-state index contributed by atoms with van der Waals surface area (Å²) in [6.07, 6.45) is 0. The molecular formula is C19H19BrN4O3S. The van der Waals surface area contributed by atoms with Gasteiger partial charge in [0.05, 0.1) is 24.1 Å². The van der Waals surface area contributed by atoms with Gasteiger partial charge < -0.3 is 14.2 Å². The number of hydrogen-bond donors (Lipinski definition) is 0. The fourth-order valence-corrected chi connectivity index (χ4v) is 4.16. The van der Waals surface area contributed by atoms with Gasteiger partial charge in [-0.2, -0.15) is 4.98 Å². The van der Waals surface area contributed by atoms with Crippen LogP contribution in [0.4, 0.5) is 0 Å². The number of hydrogen-bond acceptors (Lipinski definition) is 7. The molecule has 28 heavy (non-hydrogen) atoms. The molecular weight excluding hydrogens is 444 g/mol. The lowest BCUT2D eigenvalue weighted by molar-refractivity contribution is 0.0614. The highest BCUT2D eigenvalue weighted by Gasteiger charge is 2.25. The molecule has 3 heterocycles. The molecule has 146 valence electrons. The average molecular weight is 463 g/mol. The maximum atomic E-state index is 12.9. The van der Waals surface area contributed by atoms with E-state index in [2.05, 4.69) is 31.0 Å².